The second-order valence-corrected chi connectivity index (χ2v) is 3.81. The molecule has 0 aromatic carbocycles. The van der Waals surface area contributed by atoms with Gasteiger partial charge >= 0.3 is 0 Å². The number of nitrogens with zero attached hydrogens (tertiary/aromatic N) is 1. The van der Waals surface area contributed by atoms with Gasteiger partial charge < -0.3 is 10.0 Å². The van der Waals surface area contributed by atoms with Crippen LogP contribution in [0.4, 0.5) is 0 Å². The highest BCUT2D eigenvalue weighted by Crippen LogP contribution is 2.22. The average Bonchev–Trinajstić information content (AvgIpc) is 2.05. The third-order valence-corrected chi connectivity index (χ3v) is 2.62. The standard InChI is InChI=1S/C10H17NO/c1-4-10(12)5-7-11(8-6-10)9(2)3/h1,9,12H,5-8H2,2-3H3. The fourth-order valence-corrected chi connectivity index (χ4v) is 1.55. The molecule has 1 heterocycles. The van der Waals surface area contributed by atoms with Crippen molar-refractivity contribution >= 4 is 0 Å². The summed E-state index contributed by atoms with van der Waals surface area (Å²) in [5, 5.41) is 9.72. The third kappa shape index (κ3) is 2.00. The van der Waals surface area contributed by atoms with Crippen LogP contribution in [0.3, 0.4) is 0 Å². The van der Waals surface area contributed by atoms with Crippen LogP contribution in [-0.2, 0) is 0 Å². The zero-order valence-electron chi connectivity index (χ0n) is 7.88. The first-order valence-corrected chi connectivity index (χ1v) is 4.51. The van der Waals surface area contributed by atoms with Crippen LogP contribution in [0.5, 0.6) is 0 Å². The smallest absolute Gasteiger partial charge is 0.127 e. The molecule has 68 valence electrons. The largest absolute Gasteiger partial charge is 0.378 e. The molecule has 0 unspecified atom stereocenters. The maximum Gasteiger partial charge on any atom is 0.127 e. The fourth-order valence-electron chi connectivity index (χ4n) is 1.55. The first-order chi connectivity index (χ1) is 5.57. The number of aliphatic hydroxyl groups is 1. The predicted molar refractivity (Wildman–Crippen MR) is 49.7 cm³/mol. The van der Waals surface area contributed by atoms with Gasteiger partial charge in [-0.05, 0) is 13.8 Å². The lowest BCUT2D eigenvalue weighted by molar-refractivity contribution is 0.0179. The molecule has 0 spiro atoms. The second kappa shape index (κ2) is 3.47. The molecule has 0 atom stereocenters. The van der Waals surface area contributed by atoms with Crippen LogP contribution in [0.1, 0.15) is 26.7 Å². The van der Waals surface area contributed by atoms with Gasteiger partial charge in [-0.3, -0.25) is 0 Å². The van der Waals surface area contributed by atoms with Gasteiger partial charge in [0.1, 0.15) is 5.60 Å². The van der Waals surface area contributed by atoms with Gasteiger partial charge in [-0.1, -0.05) is 5.92 Å². The van der Waals surface area contributed by atoms with E-state index in [9.17, 15) is 5.11 Å². The van der Waals surface area contributed by atoms with E-state index in [0.717, 1.165) is 13.1 Å². The van der Waals surface area contributed by atoms with Crippen molar-refractivity contribution in [3.05, 3.63) is 0 Å². The molecule has 1 aliphatic rings. The Kier molecular flexibility index (Phi) is 2.76. The molecule has 0 radical (unpaired) electrons. The molecule has 0 bridgehead atoms. The lowest BCUT2D eigenvalue weighted by atomic mass is 9.92. The molecule has 1 fully saturated rings. The van der Waals surface area contributed by atoms with Gasteiger partial charge in [0.05, 0.1) is 0 Å². The van der Waals surface area contributed by atoms with E-state index in [0.29, 0.717) is 18.9 Å². The monoisotopic (exact) mass is 167 g/mol. The van der Waals surface area contributed by atoms with Gasteiger partial charge in [0.15, 0.2) is 0 Å². The number of hydrogen-bond donors (Lipinski definition) is 1. The van der Waals surface area contributed by atoms with Crippen LogP contribution < -0.4 is 0 Å². The molecule has 1 aliphatic heterocycles. The zero-order chi connectivity index (χ0) is 9.19. The average molecular weight is 167 g/mol. The number of rotatable bonds is 1. The van der Waals surface area contributed by atoms with Gasteiger partial charge in [-0.25, -0.2) is 0 Å². The summed E-state index contributed by atoms with van der Waals surface area (Å²) in [5.41, 5.74) is -0.828. The minimum Gasteiger partial charge on any atom is -0.378 e. The lowest BCUT2D eigenvalue weighted by Crippen LogP contribution is -2.45. The van der Waals surface area contributed by atoms with Crippen molar-refractivity contribution in [3.63, 3.8) is 0 Å². The fraction of sp³-hybridized carbons (Fsp3) is 0.800. The quantitative estimate of drug-likeness (QED) is 0.585. The SMILES string of the molecule is C#CC1(O)CCN(C(C)C)CC1. The number of terminal acetylenes is 1. The molecule has 1 saturated heterocycles. The van der Waals surface area contributed by atoms with E-state index in [2.05, 4.69) is 24.7 Å². The summed E-state index contributed by atoms with van der Waals surface area (Å²) in [5.74, 6) is 2.47. The Morgan fingerprint density at radius 1 is 1.42 bits per heavy atom. The molecule has 0 aromatic heterocycles. The van der Waals surface area contributed by atoms with Gasteiger partial charge in [-0.2, -0.15) is 0 Å². The van der Waals surface area contributed by atoms with E-state index < -0.39 is 5.60 Å². The maximum absolute atomic E-state index is 9.72. The van der Waals surface area contributed by atoms with Crippen LogP contribution in [0.15, 0.2) is 0 Å². The second-order valence-electron chi connectivity index (χ2n) is 3.81. The van der Waals surface area contributed by atoms with Crippen molar-refractivity contribution in [1.82, 2.24) is 4.90 Å². The summed E-state index contributed by atoms with van der Waals surface area (Å²) in [6.07, 6.45) is 6.66. The van der Waals surface area contributed by atoms with Crippen LogP contribution in [-0.4, -0.2) is 34.7 Å². The molecule has 1 rings (SSSR count). The van der Waals surface area contributed by atoms with Crippen molar-refractivity contribution < 1.29 is 5.11 Å². The van der Waals surface area contributed by atoms with E-state index in [1.165, 1.54) is 0 Å². The van der Waals surface area contributed by atoms with Crippen molar-refractivity contribution in [1.29, 1.82) is 0 Å². The Morgan fingerprint density at radius 3 is 2.25 bits per heavy atom. The first-order valence-electron chi connectivity index (χ1n) is 4.51. The van der Waals surface area contributed by atoms with Crippen molar-refractivity contribution in [2.24, 2.45) is 0 Å². The zero-order valence-corrected chi connectivity index (χ0v) is 7.88. The minimum absolute atomic E-state index is 0.562. The molecule has 0 saturated carbocycles. The minimum atomic E-state index is -0.828. The summed E-state index contributed by atoms with van der Waals surface area (Å²) in [6.45, 7) is 6.16. The van der Waals surface area contributed by atoms with Gasteiger partial charge in [0, 0.05) is 32.0 Å². The lowest BCUT2D eigenvalue weighted by Gasteiger charge is -2.37. The van der Waals surface area contributed by atoms with E-state index >= 15 is 0 Å². The van der Waals surface area contributed by atoms with Crippen molar-refractivity contribution in [2.45, 2.75) is 38.3 Å². The first kappa shape index (κ1) is 9.57. The Hall–Kier alpha value is -0.520. The Morgan fingerprint density at radius 2 is 1.92 bits per heavy atom. The van der Waals surface area contributed by atoms with E-state index in [-0.39, 0.29) is 0 Å². The topological polar surface area (TPSA) is 23.5 Å². The van der Waals surface area contributed by atoms with Crippen LogP contribution in [0.2, 0.25) is 0 Å². The Bertz CT molecular complexity index is 185. The van der Waals surface area contributed by atoms with Crippen LogP contribution in [0.25, 0.3) is 0 Å². The molecular formula is C10H17NO. The molecule has 1 N–H and O–H groups in total. The molecule has 0 aromatic rings. The number of likely N-dealkylation sites (tertiary alicyclic amines) is 1. The van der Waals surface area contributed by atoms with E-state index in [1.807, 2.05) is 0 Å². The van der Waals surface area contributed by atoms with Gasteiger partial charge in [-0.15, -0.1) is 6.42 Å². The normalized spacial score (nSPS) is 23.9. The Balaban J connectivity index is 2.46. The number of hydrogen-bond acceptors (Lipinski definition) is 2. The summed E-state index contributed by atoms with van der Waals surface area (Å²) in [4.78, 5) is 2.34. The molecule has 0 aliphatic carbocycles. The molecule has 12 heavy (non-hydrogen) atoms. The highest BCUT2D eigenvalue weighted by molar-refractivity contribution is 5.09. The third-order valence-electron chi connectivity index (χ3n) is 2.62. The summed E-state index contributed by atoms with van der Waals surface area (Å²) in [7, 11) is 0. The van der Waals surface area contributed by atoms with Crippen molar-refractivity contribution in [2.75, 3.05) is 13.1 Å². The predicted octanol–water partition coefficient (Wildman–Crippen LogP) is 0.855. The van der Waals surface area contributed by atoms with E-state index in [1.54, 1.807) is 0 Å². The molecular weight excluding hydrogens is 150 g/mol. The Labute approximate surface area is 74.6 Å². The summed E-state index contributed by atoms with van der Waals surface area (Å²) >= 11 is 0. The van der Waals surface area contributed by atoms with Crippen LogP contribution >= 0.6 is 0 Å². The van der Waals surface area contributed by atoms with Gasteiger partial charge in [0.25, 0.3) is 0 Å². The highest BCUT2D eigenvalue weighted by atomic mass is 16.3. The van der Waals surface area contributed by atoms with Gasteiger partial charge in [0.2, 0.25) is 0 Å². The maximum atomic E-state index is 9.72. The number of piperidine rings is 1. The van der Waals surface area contributed by atoms with E-state index in [4.69, 9.17) is 6.42 Å². The van der Waals surface area contributed by atoms with Crippen LogP contribution in [0, 0.1) is 12.3 Å². The highest BCUT2D eigenvalue weighted by Gasteiger charge is 2.30. The molecule has 0 amide bonds. The molecule has 2 heteroatoms. The summed E-state index contributed by atoms with van der Waals surface area (Å²) in [6, 6.07) is 0.562. The summed E-state index contributed by atoms with van der Waals surface area (Å²) < 4.78 is 0. The van der Waals surface area contributed by atoms with Crippen molar-refractivity contribution in [3.8, 4) is 12.3 Å². The molecule has 2 nitrogen and oxygen atoms in total.